The van der Waals surface area contributed by atoms with Crippen molar-refractivity contribution in [2.24, 2.45) is 5.92 Å². The maximum absolute atomic E-state index is 13.4. The summed E-state index contributed by atoms with van der Waals surface area (Å²) in [4.78, 5) is 14.8. The number of carbonyl (C=O) groups is 1. The molecule has 2 aliphatic rings. The highest BCUT2D eigenvalue weighted by molar-refractivity contribution is 5.91. The second kappa shape index (κ2) is 6.30. The van der Waals surface area contributed by atoms with Crippen molar-refractivity contribution in [2.45, 2.75) is 43.7 Å². The Morgan fingerprint density at radius 1 is 1.20 bits per heavy atom. The molecule has 1 aliphatic heterocycles. The molecule has 1 amide bonds. The summed E-state index contributed by atoms with van der Waals surface area (Å²) in [5.74, 6) is -0.220. The molecule has 0 radical (unpaired) electrons. The van der Waals surface area contributed by atoms with Gasteiger partial charge in [-0.05, 0) is 49.1 Å². The Labute approximate surface area is 146 Å². The van der Waals surface area contributed by atoms with Crippen molar-refractivity contribution in [3.05, 3.63) is 59.8 Å². The normalized spacial score (nSPS) is 29.3. The largest absolute Gasteiger partial charge is 0.459 e. The molecule has 4 nitrogen and oxygen atoms in total. The first kappa shape index (κ1) is 16.3. The second-order valence-corrected chi connectivity index (χ2v) is 7.18. The van der Waals surface area contributed by atoms with Crippen LogP contribution < -0.4 is 0 Å². The van der Waals surface area contributed by atoms with E-state index < -0.39 is 5.60 Å². The molecular weight excluding hydrogens is 321 g/mol. The van der Waals surface area contributed by atoms with Crippen LogP contribution in [-0.2, 0) is 0 Å². The number of carbonyl (C=O) groups excluding carboxylic acids is 1. The Morgan fingerprint density at radius 3 is 2.72 bits per heavy atom. The van der Waals surface area contributed by atoms with Gasteiger partial charge in [0, 0.05) is 12.5 Å². The minimum Gasteiger partial charge on any atom is -0.459 e. The molecule has 3 atom stereocenters. The molecule has 1 aliphatic carbocycles. The fourth-order valence-electron chi connectivity index (χ4n) is 4.52. The van der Waals surface area contributed by atoms with E-state index in [1.165, 1.54) is 18.4 Å². The van der Waals surface area contributed by atoms with Crippen LogP contribution in [0.5, 0.6) is 0 Å². The fourth-order valence-corrected chi connectivity index (χ4v) is 4.52. The molecule has 1 saturated heterocycles. The van der Waals surface area contributed by atoms with Crippen LogP contribution >= 0.6 is 0 Å². The number of aliphatic hydroxyl groups is 1. The smallest absolute Gasteiger partial charge is 0.290 e. The molecule has 25 heavy (non-hydrogen) atoms. The zero-order valence-corrected chi connectivity index (χ0v) is 14.0. The monoisotopic (exact) mass is 343 g/mol. The van der Waals surface area contributed by atoms with Gasteiger partial charge in [-0.1, -0.05) is 25.0 Å². The van der Waals surface area contributed by atoms with Gasteiger partial charge < -0.3 is 14.4 Å². The van der Waals surface area contributed by atoms with Crippen molar-refractivity contribution < 1.29 is 18.7 Å². The summed E-state index contributed by atoms with van der Waals surface area (Å²) in [5.41, 5.74) is 0.114. The van der Waals surface area contributed by atoms with E-state index in [4.69, 9.17) is 4.42 Å². The van der Waals surface area contributed by atoms with Crippen molar-refractivity contribution in [3.63, 3.8) is 0 Å². The molecule has 4 rings (SSSR count). The molecular formula is C20H22FNO3. The van der Waals surface area contributed by atoms with Gasteiger partial charge in [-0.15, -0.1) is 0 Å². The lowest BCUT2D eigenvalue weighted by Gasteiger charge is -2.52. The summed E-state index contributed by atoms with van der Waals surface area (Å²) in [7, 11) is 0. The number of benzene rings is 1. The van der Waals surface area contributed by atoms with Gasteiger partial charge in [0.1, 0.15) is 5.82 Å². The highest BCUT2D eigenvalue weighted by Gasteiger charge is 2.50. The molecule has 1 N–H and O–H groups in total. The van der Waals surface area contributed by atoms with E-state index in [1.807, 2.05) is 0 Å². The summed E-state index contributed by atoms with van der Waals surface area (Å²) < 4.78 is 18.7. The van der Waals surface area contributed by atoms with Crippen molar-refractivity contribution >= 4 is 5.91 Å². The maximum Gasteiger partial charge on any atom is 0.290 e. The number of hydrogen-bond acceptors (Lipinski definition) is 3. The highest BCUT2D eigenvalue weighted by atomic mass is 19.1. The van der Waals surface area contributed by atoms with E-state index >= 15 is 0 Å². The van der Waals surface area contributed by atoms with Gasteiger partial charge >= 0.3 is 0 Å². The molecule has 132 valence electrons. The molecule has 2 fully saturated rings. The number of likely N-dealkylation sites (tertiary alicyclic amines) is 1. The van der Waals surface area contributed by atoms with Gasteiger partial charge in [-0.25, -0.2) is 4.39 Å². The second-order valence-electron chi connectivity index (χ2n) is 7.18. The van der Waals surface area contributed by atoms with E-state index in [0.717, 1.165) is 31.2 Å². The quantitative estimate of drug-likeness (QED) is 0.899. The van der Waals surface area contributed by atoms with Crippen LogP contribution in [-0.4, -0.2) is 28.1 Å². The zero-order chi connectivity index (χ0) is 17.4. The molecule has 0 unspecified atom stereocenters. The van der Waals surface area contributed by atoms with Crippen molar-refractivity contribution in [1.82, 2.24) is 4.90 Å². The fraction of sp³-hybridized carbons (Fsp3) is 0.450. The Morgan fingerprint density at radius 2 is 2.00 bits per heavy atom. The van der Waals surface area contributed by atoms with Gasteiger partial charge in [0.2, 0.25) is 0 Å². The lowest BCUT2D eigenvalue weighted by molar-refractivity contribution is -0.115. The van der Waals surface area contributed by atoms with Crippen LogP contribution in [0.1, 0.15) is 54.3 Å². The topological polar surface area (TPSA) is 53.7 Å². The first-order valence-corrected chi connectivity index (χ1v) is 8.91. The molecule has 1 aromatic heterocycles. The van der Waals surface area contributed by atoms with E-state index in [1.54, 1.807) is 29.2 Å². The lowest BCUT2D eigenvalue weighted by Crippen LogP contribution is -2.56. The SMILES string of the molecule is O=C(c1ccco1)N1CC[C@]2(O)CCCC[C@@H]2[C@@H]1c1ccc(F)cc1. The highest BCUT2D eigenvalue weighted by Crippen LogP contribution is 2.49. The predicted molar refractivity (Wildman–Crippen MR) is 90.4 cm³/mol. The number of hydrogen-bond donors (Lipinski definition) is 1. The Bertz CT molecular complexity index is 743. The van der Waals surface area contributed by atoms with Crippen molar-refractivity contribution in [2.75, 3.05) is 6.54 Å². The molecule has 1 saturated carbocycles. The minimum atomic E-state index is -0.753. The lowest BCUT2D eigenvalue weighted by atomic mass is 9.66. The number of rotatable bonds is 2. The number of nitrogens with zero attached hydrogens (tertiary/aromatic N) is 1. The van der Waals surface area contributed by atoms with Crippen LogP contribution in [0.25, 0.3) is 0 Å². The zero-order valence-electron chi connectivity index (χ0n) is 14.0. The Kier molecular flexibility index (Phi) is 4.12. The number of amides is 1. The molecule has 2 aromatic rings. The van der Waals surface area contributed by atoms with E-state index in [0.29, 0.717) is 18.7 Å². The van der Waals surface area contributed by atoms with Crippen molar-refractivity contribution in [1.29, 1.82) is 0 Å². The number of piperidine rings is 1. The summed E-state index contributed by atoms with van der Waals surface area (Å²) in [6.07, 6.45) is 5.73. The molecule has 1 aromatic carbocycles. The maximum atomic E-state index is 13.4. The van der Waals surface area contributed by atoms with Gasteiger partial charge in [0.15, 0.2) is 5.76 Å². The van der Waals surface area contributed by atoms with Gasteiger partial charge in [-0.3, -0.25) is 4.79 Å². The number of halogens is 1. The van der Waals surface area contributed by atoms with E-state index in [2.05, 4.69) is 0 Å². The Balaban J connectivity index is 1.74. The molecule has 5 heteroatoms. The third-order valence-corrected chi connectivity index (χ3v) is 5.77. The average molecular weight is 343 g/mol. The third kappa shape index (κ3) is 2.86. The first-order chi connectivity index (χ1) is 12.1. The molecule has 0 spiro atoms. The number of fused-ring (bicyclic) bond motifs is 1. The predicted octanol–water partition coefficient (Wildman–Crippen LogP) is 3.93. The van der Waals surface area contributed by atoms with Crippen LogP contribution in [0.2, 0.25) is 0 Å². The Hall–Kier alpha value is -2.14. The minimum absolute atomic E-state index is 0.0422. The molecule has 2 heterocycles. The summed E-state index contributed by atoms with van der Waals surface area (Å²) in [6.45, 7) is 0.467. The van der Waals surface area contributed by atoms with Crippen LogP contribution in [0.15, 0.2) is 47.1 Å². The van der Waals surface area contributed by atoms with E-state index in [9.17, 15) is 14.3 Å². The summed E-state index contributed by atoms with van der Waals surface area (Å²) in [6, 6.07) is 9.37. The average Bonchev–Trinajstić information content (AvgIpc) is 3.15. The molecule has 0 bridgehead atoms. The van der Waals surface area contributed by atoms with Crippen molar-refractivity contribution in [3.8, 4) is 0 Å². The van der Waals surface area contributed by atoms with Gasteiger partial charge in [0.05, 0.1) is 17.9 Å². The van der Waals surface area contributed by atoms with E-state index in [-0.39, 0.29) is 23.7 Å². The van der Waals surface area contributed by atoms with Crippen LogP contribution in [0, 0.1) is 11.7 Å². The summed E-state index contributed by atoms with van der Waals surface area (Å²) in [5, 5.41) is 11.2. The standard InChI is InChI=1S/C20H22FNO3/c21-15-8-6-14(7-9-15)18-16-4-1-2-10-20(16,24)11-12-22(18)19(23)17-5-3-13-25-17/h3,5-9,13,16,18,24H,1-2,4,10-12H2/t16-,18+,20-/m1/s1. The van der Waals surface area contributed by atoms with Crippen LogP contribution in [0.4, 0.5) is 4.39 Å². The van der Waals surface area contributed by atoms with Crippen LogP contribution in [0.3, 0.4) is 0 Å². The summed E-state index contributed by atoms with van der Waals surface area (Å²) >= 11 is 0. The van der Waals surface area contributed by atoms with Gasteiger partial charge in [-0.2, -0.15) is 0 Å². The van der Waals surface area contributed by atoms with Gasteiger partial charge in [0.25, 0.3) is 5.91 Å². The number of furan rings is 1. The third-order valence-electron chi connectivity index (χ3n) is 5.77. The first-order valence-electron chi connectivity index (χ1n) is 8.91.